The zero-order valence-electron chi connectivity index (χ0n) is 31.8. The first-order valence-electron chi connectivity index (χ1n) is 19.1. The predicted molar refractivity (Wildman–Crippen MR) is 225 cm³/mol. The van der Waals surface area contributed by atoms with Crippen LogP contribution in [-0.2, 0) is 17.3 Å². The highest BCUT2D eigenvalue weighted by molar-refractivity contribution is 7.01. The maximum atomic E-state index is 6.90. The molecule has 4 aliphatic rings. The van der Waals surface area contributed by atoms with Crippen LogP contribution in [0.25, 0.3) is 17.4 Å². The lowest BCUT2D eigenvalue weighted by Crippen LogP contribution is -2.55. The number of anilines is 6. The number of hydrogen-bond acceptors (Lipinski definition) is 3. The van der Waals surface area contributed by atoms with Gasteiger partial charge < -0.3 is 14.2 Å². The fraction of sp³-hybridized carbons (Fsp3) is 0.224. The summed E-state index contributed by atoms with van der Waals surface area (Å²) >= 11 is 0. The maximum absolute atomic E-state index is 6.90. The Hall–Kier alpha value is -5.48. The van der Waals surface area contributed by atoms with Crippen LogP contribution >= 0.6 is 0 Å². The molecule has 0 unspecified atom stereocenters. The van der Waals surface area contributed by atoms with Gasteiger partial charge in [0.25, 0.3) is 6.71 Å². The number of benzene rings is 5. The van der Waals surface area contributed by atoms with Crippen molar-refractivity contribution in [3.63, 3.8) is 0 Å². The van der Waals surface area contributed by atoms with Gasteiger partial charge in [-0.1, -0.05) is 96.2 Å². The molecule has 3 nitrogen and oxygen atoms in total. The summed E-state index contributed by atoms with van der Waals surface area (Å²) in [6, 6.07) is 41.1. The van der Waals surface area contributed by atoms with Crippen molar-refractivity contribution in [1.82, 2.24) is 0 Å². The Balaban J connectivity index is 1.21. The van der Waals surface area contributed by atoms with E-state index in [2.05, 4.69) is 186 Å². The predicted octanol–water partition coefficient (Wildman–Crippen LogP) is 11.1. The fourth-order valence-electron chi connectivity index (χ4n) is 8.96. The lowest BCUT2D eigenvalue weighted by atomic mass is 9.36. The Kier molecular flexibility index (Phi) is 6.84. The summed E-state index contributed by atoms with van der Waals surface area (Å²) in [4.78, 5) is 4.92. The van der Waals surface area contributed by atoms with E-state index >= 15 is 0 Å². The summed E-state index contributed by atoms with van der Waals surface area (Å²) in [6.45, 7) is 16.0. The number of aryl methyl sites for hydroxylation is 1. The molecule has 2 aliphatic carbocycles. The Labute approximate surface area is 314 Å². The summed E-state index contributed by atoms with van der Waals surface area (Å²) in [5.74, 6) is 2.59. The van der Waals surface area contributed by atoms with Crippen LogP contribution in [0.3, 0.4) is 0 Å². The van der Waals surface area contributed by atoms with E-state index in [9.17, 15) is 0 Å². The molecule has 10 rings (SSSR count). The Morgan fingerprint density at radius 2 is 1.32 bits per heavy atom. The SMILES string of the molecule is Cc1cc2c3c(c1)N(c1ccccc1)c1ccc(N(c4ccc(C(C)(C)C)cc4)c4ccc(C(C)(C)C)cc4)cc1B3c1c-2oc2c1C[C@@H]1C=C1C=C2. The van der Waals surface area contributed by atoms with E-state index in [1.807, 2.05) is 0 Å². The molecule has 0 radical (unpaired) electrons. The number of furan rings is 1. The molecule has 1 atom stereocenters. The third-order valence-electron chi connectivity index (χ3n) is 11.8. The molecule has 0 bridgehead atoms. The zero-order valence-corrected chi connectivity index (χ0v) is 31.8. The van der Waals surface area contributed by atoms with Crippen molar-refractivity contribution < 1.29 is 4.42 Å². The molecule has 0 saturated carbocycles. The van der Waals surface area contributed by atoms with E-state index in [0.717, 1.165) is 40.7 Å². The molecule has 260 valence electrons. The second-order valence-electron chi connectivity index (χ2n) is 17.5. The van der Waals surface area contributed by atoms with Crippen molar-refractivity contribution in [2.24, 2.45) is 5.92 Å². The molecular formula is C49H45BN2O. The molecular weight excluding hydrogens is 643 g/mol. The number of allylic oxidation sites excluding steroid dienone is 3. The van der Waals surface area contributed by atoms with Crippen LogP contribution in [0.5, 0.6) is 0 Å². The molecule has 2 aliphatic heterocycles. The van der Waals surface area contributed by atoms with Crippen LogP contribution in [0.2, 0.25) is 0 Å². The smallest absolute Gasteiger partial charge is 0.253 e. The van der Waals surface area contributed by atoms with Gasteiger partial charge in [-0.2, -0.15) is 0 Å². The summed E-state index contributed by atoms with van der Waals surface area (Å²) in [6.07, 6.45) is 7.87. The molecule has 0 saturated heterocycles. The van der Waals surface area contributed by atoms with Gasteiger partial charge in [-0.25, -0.2) is 0 Å². The lowest BCUT2D eigenvalue weighted by molar-refractivity contribution is 0.569. The standard InChI is InChI=1S/C49H45BN2O/c1-30-25-40-45-43(26-30)52(35-11-9-8-10-12-35)42-23-22-38(29-41(42)50(45)46-39-28-32-27-31(32)13-24-44(39)53-47(40)46)51(36-18-14-33(15-19-36)48(2,3)4)37-20-16-34(17-21-37)49(5,6)7/h8-27,29,32H,28H2,1-7H3/t32-/m0/s1. The summed E-state index contributed by atoms with van der Waals surface area (Å²) in [7, 11) is 0. The molecule has 53 heavy (non-hydrogen) atoms. The van der Waals surface area contributed by atoms with Gasteiger partial charge in [-0.15, -0.1) is 0 Å². The van der Waals surface area contributed by atoms with Crippen LogP contribution in [0.4, 0.5) is 34.1 Å². The van der Waals surface area contributed by atoms with Crippen molar-refractivity contribution in [2.45, 2.75) is 65.7 Å². The van der Waals surface area contributed by atoms with Crippen molar-refractivity contribution in [3.05, 3.63) is 155 Å². The van der Waals surface area contributed by atoms with E-state index in [0.29, 0.717) is 5.92 Å². The highest BCUT2D eigenvalue weighted by Gasteiger charge is 2.47. The van der Waals surface area contributed by atoms with Crippen LogP contribution in [0.15, 0.2) is 131 Å². The molecule has 0 spiro atoms. The topological polar surface area (TPSA) is 19.6 Å². The monoisotopic (exact) mass is 688 g/mol. The molecule has 5 aromatic carbocycles. The number of rotatable bonds is 4. The van der Waals surface area contributed by atoms with Gasteiger partial charge in [0.05, 0.1) is 0 Å². The van der Waals surface area contributed by atoms with Gasteiger partial charge in [0, 0.05) is 45.6 Å². The first-order valence-corrected chi connectivity index (χ1v) is 19.1. The van der Waals surface area contributed by atoms with Crippen molar-refractivity contribution in [2.75, 3.05) is 9.80 Å². The second kappa shape index (κ2) is 11.3. The van der Waals surface area contributed by atoms with E-state index in [1.165, 1.54) is 61.2 Å². The summed E-state index contributed by atoms with van der Waals surface area (Å²) in [5, 5.41) is 0. The molecule has 1 aromatic heterocycles. The van der Waals surface area contributed by atoms with Gasteiger partial charge in [0.15, 0.2) is 0 Å². The molecule has 3 heterocycles. The van der Waals surface area contributed by atoms with Gasteiger partial charge in [-0.05, 0) is 141 Å². The van der Waals surface area contributed by atoms with E-state index in [-0.39, 0.29) is 17.5 Å². The lowest BCUT2D eigenvalue weighted by Gasteiger charge is -2.37. The van der Waals surface area contributed by atoms with Crippen LogP contribution < -0.4 is 26.2 Å². The molecule has 0 amide bonds. The fourth-order valence-corrected chi connectivity index (χ4v) is 8.96. The average Bonchev–Trinajstić information content (AvgIpc) is 3.73. The quantitative estimate of drug-likeness (QED) is 0.172. The third-order valence-corrected chi connectivity index (χ3v) is 11.8. The van der Waals surface area contributed by atoms with Crippen LogP contribution in [-0.4, -0.2) is 6.71 Å². The highest BCUT2D eigenvalue weighted by atomic mass is 16.3. The number of fused-ring (bicyclic) bond motifs is 8. The van der Waals surface area contributed by atoms with Crippen LogP contribution in [0.1, 0.15) is 69.6 Å². The van der Waals surface area contributed by atoms with Crippen molar-refractivity contribution >= 4 is 63.3 Å². The number of hydrogen-bond donors (Lipinski definition) is 0. The van der Waals surface area contributed by atoms with Gasteiger partial charge in [0.2, 0.25) is 0 Å². The molecule has 6 aromatic rings. The largest absolute Gasteiger partial charge is 0.457 e. The second-order valence-corrected chi connectivity index (χ2v) is 17.5. The van der Waals surface area contributed by atoms with Gasteiger partial charge >= 0.3 is 0 Å². The zero-order chi connectivity index (χ0) is 36.4. The number of nitrogens with zero attached hydrogens (tertiary/aromatic N) is 2. The highest BCUT2D eigenvalue weighted by Crippen LogP contribution is 2.46. The average molecular weight is 689 g/mol. The first-order chi connectivity index (χ1) is 25.4. The number of para-hydroxylation sites is 1. The Morgan fingerprint density at radius 1 is 0.679 bits per heavy atom. The van der Waals surface area contributed by atoms with Crippen molar-refractivity contribution in [1.29, 1.82) is 0 Å². The third kappa shape index (κ3) is 5.10. The summed E-state index contributed by atoms with van der Waals surface area (Å²) < 4.78 is 6.90. The summed E-state index contributed by atoms with van der Waals surface area (Å²) in [5.41, 5.74) is 19.2. The van der Waals surface area contributed by atoms with E-state index in [4.69, 9.17) is 4.42 Å². The molecule has 0 fully saturated rings. The molecule has 0 N–H and O–H groups in total. The molecule has 4 heteroatoms. The minimum absolute atomic E-state index is 0.0695. The minimum Gasteiger partial charge on any atom is -0.457 e. The van der Waals surface area contributed by atoms with Crippen LogP contribution in [0, 0.1) is 12.8 Å². The van der Waals surface area contributed by atoms with Gasteiger partial charge in [0.1, 0.15) is 11.5 Å². The van der Waals surface area contributed by atoms with E-state index < -0.39 is 0 Å². The Morgan fingerprint density at radius 3 is 1.96 bits per heavy atom. The maximum Gasteiger partial charge on any atom is 0.253 e. The Bertz CT molecular complexity index is 2450. The van der Waals surface area contributed by atoms with Gasteiger partial charge in [-0.3, -0.25) is 0 Å². The van der Waals surface area contributed by atoms with Crippen molar-refractivity contribution in [3.8, 4) is 11.3 Å². The first kappa shape index (κ1) is 32.2. The normalized spacial score (nSPS) is 16.3. The minimum atomic E-state index is 0.0695. The van der Waals surface area contributed by atoms with E-state index in [1.54, 1.807) is 0 Å².